The van der Waals surface area contributed by atoms with E-state index in [4.69, 9.17) is 0 Å². The van der Waals surface area contributed by atoms with Crippen LogP contribution in [0.5, 0.6) is 0 Å². The van der Waals surface area contributed by atoms with Crippen molar-refractivity contribution < 1.29 is 17.2 Å². The van der Waals surface area contributed by atoms with E-state index >= 15 is 0 Å². The number of pyridine rings is 1. The van der Waals surface area contributed by atoms with Crippen molar-refractivity contribution in [3.05, 3.63) is 60.6 Å². The summed E-state index contributed by atoms with van der Waals surface area (Å²) < 4.78 is 56.3. The fourth-order valence-electron chi connectivity index (χ4n) is 4.49. The van der Waals surface area contributed by atoms with E-state index in [2.05, 4.69) is 25.2 Å². The standard InChI is InChI=1S/C23H23F2N7O2S/c1-30-20(6-10-27-30)22-17-5-9-26-14-18(17)23(29-28-22)32-11-7-16(8-12-32)31(2)35(33,34)21-4-3-15(24)13-19(21)25/h3-6,9-10,13-14,16H,7-8,11-12H2,1-2H3. The number of fused-ring (bicyclic) bond motifs is 1. The lowest BCUT2D eigenvalue weighted by Gasteiger charge is -2.36. The van der Waals surface area contributed by atoms with Gasteiger partial charge in [0.15, 0.2) is 5.82 Å². The molecule has 4 aromatic rings. The molecule has 1 fully saturated rings. The zero-order valence-corrected chi connectivity index (χ0v) is 20.0. The first-order valence-electron chi connectivity index (χ1n) is 11.0. The van der Waals surface area contributed by atoms with Gasteiger partial charge in [-0.05, 0) is 37.1 Å². The van der Waals surface area contributed by atoms with Crippen LogP contribution in [0.1, 0.15) is 12.8 Å². The maximum Gasteiger partial charge on any atom is 0.245 e. The lowest BCUT2D eigenvalue weighted by molar-refractivity contribution is 0.310. The quantitative estimate of drug-likeness (QED) is 0.416. The van der Waals surface area contributed by atoms with E-state index in [-0.39, 0.29) is 6.04 Å². The van der Waals surface area contributed by atoms with Gasteiger partial charge in [-0.2, -0.15) is 9.40 Å². The highest BCUT2D eigenvalue weighted by Crippen LogP contribution is 2.33. The van der Waals surface area contributed by atoms with Gasteiger partial charge in [0, 0.05) is 68.7 Å². The summed E-state index contributed by atoms with van der Waals surface area (Å²) in [7, 11) is -0.842. The zero-order chi connectivity index (χ0) is 24.7. The van der Waals surface area contributed by atoms with Crippen molar-refractivity contribution in [1.82, 2.24) is 29.3 Å². The molecule has 9 nitrogen and oxygen atoms in total. The molecule has 182 valence electrons. The van der Waals surface area contributed by atoms with E-state index in [9.17, 15) is 17.2 Å². The van der Waals surface area contributed by atoms with Gasteiger partial charge in [0.05, 0.1) is 5.69 Å². The molecule has 3 aromatic heterocycles. The number of aromatic nitrogens is 5. The van der Waals surface area contributed by atoms with Crippen molar-refractivity contribution in [2.75, 3.05) is 25.0 Å². The highest BCUT2D eigenvalue weighted by atomic mass is 32.2. The van der Waals surface area contributed by atoms with E-state index in [0.717, 1.165) is 28.6 Å². The molecule has 0 spiro atoms. The second-order valence-corrected chi connectivity index (χ2v) is 10.4. The van der Waals surface area contributed by atoms with Crippen molar-refractivity contribution in [2.24, 2.45) is 7.05 Å². The van der Waals surface area contributed by atoms with Crippen molar-refractivity contribution in [3.8, 4) is 11.4 Å². The number of anilines is 1. The Bertz CT molecular complexity index is 1500. The van der Waals surface area contributed by atoms with Crippen LogP contribution in [0, 0.1) is 11.6 Å². The molecule has 1 aromatic carbocycles. The molecule has 0 aliphatic carbocycles. The fourth-order valence-corrected chi connectivity index (χ4v) is 5.95. The summed E-state index contributed by atoms with van der Waals surface area (Å²) in [5.74, 6) is -1.25. The normalized spacial score (nSPS) is 15.3. The maximum atomic E-state index is 14.2. The summed E-state index contributed by atoms with van der Waals surface area (Å²) in [5, 5.41) is 14.9. The summed E-state index contributed by atoms with van der Waals surface area (Å²) in [5.41, 5.74) is 1.53. The summed E-state index contributed by atoms with van der Waals surface area (Å²) in [6.07, 6.45) is 6.16. The first kappa shape index (κ1) is 23.2. The van der Waals surface area contributed by atoms with Crippen molar-refractivity contribution >= 4 is 26.6 Å². The molecule has 0 amide bonds. The third-order valence-electron chi connectivity index (χ3n) is 6.45. The fraction of sp³-hybridized carbons (Fsp3) is 0.304. The molecule has 0 unspecified atom stereocenters. The second kappa shape index (κ2) is 8.93. The number of aryl methyl sites for hydroxylation is 1. The number of rotatable bonds is 5. The number of nitrogens with zero attached hydrogens (tertiary/aromatic N) is 7. The van der Waals surface area contributed by atoms with Crippen LogP contribution in [0.15, 0.2) is 53.8 Å². The average Bonchev–Trinajstić information content (AvgIpc) is 3.28. The highest BCUT2D eigenvalue weighted by Gasteiger charge is 2.33. The van der Waals surface area contributed by atoms with Gasteiger partial charge >= 0.3 is 0 Å². The molecule has 0 saturated carbocycles. The minimum absolute atomic E-state index is 0.341. The number of benzene rings is 1. The molecule has 12 heteroatoms. The maximum absolute atomic E-state index is 14.2. The van der Waals surface area contributed by atoms with Gasteiger partial charge in [0.2, 0.25) is 10.0 Å². The van der Waals surface area contributed by atoms with Crippen molar-refractivity contribution in [1.29, 1.82) is 0 Å². The van der Waals surface area contributed by atoms with Gasteiger partial charge in [-0.1, -0.05) is 0 Å². The first-order valence-corrected chi connectivity index (χ1v) is 12.5. The van der Waals surface area contributed by atoms with E-state index in [1.165, 1.54) is 11.4 Å². The van der Waals surface area contributed by atoms with Gasteiger partial charge < -0.3 is 4.90 Å². The SMILES string of the molecule is CN(C1CCN(c2nnc(-c3ccnn3C)c3ccncc23)CC1)S(=O)(=O)c1ccc(F)cc1F. The van der Waals surface area contributed by atoms with Gasteiger partial charge in [0.1, 0.15) is 22.2 Å². The Hall–Kier alpha value is -3.51. The van der Waals surface area contributed by atoms with Crippen LogP contribution in [0.3, 0.4) is 0 Å². The molecule has 1 aliphatic rings. The molecule has 1 saturated heterocycles. The van der Waals surface area contributed by atoms with Crippen molar-refractivity contribution in [3.63, 3.8) is 0 Å². The van der Waals surface area contributed by atoms with Gasteiger partial charge in [-0.25, -0.2) is 17.2 Å². The third kappa shape index (κ3) is 4.12. The zero-order valence-electron chi connectivity index (χ0n) is 19.1. The van der Waals surface area contributed by atoms with Gasteiger partial charge in [-0.3, -0.25) is 9.67 Å². The Morgan fingerprint density at radius 2 is 1.80 bits per heavy atom. The lowest BCUT2D eigenvalue weighted by atomic mass is 10.0. The molecular weight excluding hydrogens is 476 g/mol. The third-order valence-corrected chi connectivity index (χ3v) is 8.40. The van der Waals surface area contributed by atoms with E-state index in [1.54, 1.807) is 23.3 Å². The smallest absolute Gasteiger partial charge is 0.245 e. The largest absolute Gasteiger partial charge is 0.354 e. The Morgan fingerprint density at radius 1 is 1.03 bits per heavy atom. The predicted octanol–water partition coefficient (Wildman–Crippen LogP) is 2.99. The minimum atomic E-state index is -4.11. The number of halogens is 2. The lowest BCUT2D eigenvalue weighted by Crippen LogP contribution is -2.46. The molecule has 0 radical (unpaired) electrons. The van der Waals surface area contributed by atoms with Crippen LogP contribution >= 0.6 is 0 Å². The topological polar surface area (TPSA) is 97.1 Å². The molecule has 4 heterocycles. The summed E-state index contributed by atoms with van der Waals surface area (Å²) in [4.78, 5) is 5.80. The Morgan fingerprint density at radius 3 is 2.49 bits per heavy atom. The van der Waals surface area contributed by atoms with Crippen LogP contribution in [-0.2, 0) is 17.1 Å². The average molecular weight is 500 g/mol. The molecule has 35 heavy (non-hydrogen) atoms. The van der Waals surface area contributed by atoms with E-state index in [0.29, 0.717) is 43.5 Å². The van der Waals surface area contributed by atoms with Crippen LogP contribution in [0.2, 0.25) is 0 Å². The minimum Gasteiger partial charge on any atom is -0.354 e. The molecule has 0 bridgehead atoms. The molecule has 1 aliphatic heterocycles. The Kier molecular flexibility index (Phi) is 5.93. The van der Waals surface area contributed by atoms with E-state index < -0.39 is 26.6 Å². The Balaban J connectivity index is 1.38. The molecule has 5 rings (SSSR count). The molecular formula is C23H23F2N7O2S. The summed E-state index contributed by atoms with van der Waals surface area (Å²) in [6.45, 7) is 1.06. The predicted molar refractivity (Wildman–Crippen MR) is 126 cm³/mol. The van der Waals surface area contributed by atoms with Gasteiger partial charge in [-0.15, -0.1) is 10.2 Å². The van der Waals surface area contributed by atoms with Crippen LogP contribution in [-0.4, -0.2) is 63.9 Å². The molecule has 0 atom stereocenters. The number of hydrogen-bond acceptors (Lipinski definition) is 7. The number of piperidine rings is 1. The number of sulfonamides is 1. The van der Waals surface area contributed by atoms with E-state index in [1.807, 2.05) is 19.2 Å². The van der Waals surface area contributed by atoms with Crippen LogP contribution < -0.4 is 4.90 Å². The number of hydrogen-bond donors (Lipinski definition) is 0. The van der Waals surface area contributed by atoms with Gasteiger partial charge in [0.25, 0.3) is 0 Å². The molecule has 0 N–H and O–H groups in total. The monoisotopic (exact) mass is 499 g/mol. The second-order valence-electron chi connectivity index (χ2n) is 8.45. The highest BCUT2D eigenvalue weighted by molar-refractivity contribution is 7.89. The van der Waals surface area contributed by atoms with Crippen LogP contribution in [0.25, 0.3) is 22.2 Å². The first-order chi connectivity index (χ1) is 16.8. The van der Waals surface area contributed by atoms with Crippen molar-refractivity contribution in [2.45, 2.75) is 23.8 Å². The summed E-state index contributed by atoms with van der Waals surface area (Å²) >= 11 is 0. The Labute approximate surface area is 201 Å². The summed E-state index contributed by atoms with van der Waals surface area (Å²) in [6, 6.07) is 5.90. The van der Waals surface area contributed by atoms with Crippen LogP contribution in [0.4, 0.5) is 14.6 Å².